The van der Waals surface area contributed by atoms with Crippen molar-refractivity contribution in [2.75, 3.05) is 13.2 Å². The lowest BCUT2D eigenvalue weighted by Crippen LogP contribution is -2.26. The number of imidazole rings is 1. The zero-order valence-electron chi connectivity index (χ0n) is 17.3. The van der Waals surface area contributed by atoms with Gasteiger partial charge in [0.1, 0.15) is 11.8 Å². The van der Waals surface area contributed by atoms with Crippen molar-refractivity contribution in [2.24, 2.45) is 0 Å². The van der Waals surface area contributed by atoms with Crippen molar-refractivity contribution in [3.05, 3.63) is 95.3 Å². The van der Waals surface area contributed by atoms with Gasteiger partial charge in [0.15, 0.2) is 0 Å². The van der Waals surface area contributed by atoms with Gasteiger partial charge >= 0.3 is 6.18 Å². The van der Waals surface area contributed by atoms with Gasteiger partial charge in [0, 0.05) is 18.3 Å². The van der Waals surface area contributed by atoms with Gasteiger partial charge in [-0.2, -0.15) is 13.2 Å². The molecule has 1 amide bonds. The third-order valence-corrected chi connectivity index (χ3v) is 5.14. The Morgan fingerprint density at radius 3 is 2.58 bits per heavy atom. The maximum absolute atomic E-state index is 13.1. The molecule has 0 aliphatic rings. The maximum atomic E-state index is 13.1. The highest BCUT2D eigenvalue weighted by molar-refractivity contribution is 5.95. The van der Waals surface area contributed by atoms with Crippen molar-refractivity contribution in [1.82, 2.24) is 14.7 Å². The standard InChI is InChI=1S/C24H20F3N3O3/c25-24(26,27)18-7-2-5-16(13-18)22(32)19-14-30-20(8-3-9-21(30)29-19)15-4-1-6-17(12-15)23(33)28-10-11-31/h1-9,12-14,22,31-32H,10-11H2,(H,28,33). The summed E-state index contributed by atoms with van der Waals surface area (Å²) in [6.45, 7) is -0.0340. The van der Waals surface area contributed by atoms with Crippen molar-refractivity contribution < 1.29 is 28.2 Å². The van der Waals surface area contributed by atoms with Gasteiger partial charge in [-0.15, -0.1) is 0 Å². The SMILES string of the molecule is O=C(NCCO)c1cccc(-c2cccc3nc(C(O)c4cccc(C(F)(F)F)c4)cn23)c1. The Morgan fingerprint density at radius 1 is 1.06 bits per heavy atom. The topological polar surface area (TPSA) is 86.9 Å². The number of pyridine rings is 1. The fraction of sp³-hybridized carbons (Fsp3) is 0.167. The molecule has 2 heterocycles. The van der Waals surface area contributed by atoms with Crippen LogP contribution in [-0.4, -0.2) is 38.7 Å². The lowest BCUT2D eigenvalue weighted by Gasteiger charge is -2.12. The first-order valence-electron chi connectivity index (χ1n) is 10.1. The number of carbonyl (C=O) groups excluding carboxylic acids is 1. The van der Waals surface area contributed by atoms with Crippen LogP contribution in [0.2, 0.25) is 0 Å². The number of nitrogens with zero attached hydrogens (tertiary/aromatic N) is 2. The predicted molar refractivity (Wildman–Crippen MR) is 116 cm³/mol. The first-order chi connectivity index (χ1) is 15.8. The van der Waals surface area contributed by atoms with Crippen molar-refractivity contribution in [1.29, 1.82) is 0 Å². The molecule has 0 aliphatic heterocycles. The van der Waals surface area contributed by atoms with Crippen molar-refractivity contribution in [2.45, 2.75) is 12.3 Å². The van der Waals surface area contributed by atoms with Crippen LogP contribution in [0.25, 0.3) is 16.9 Å². The second kappa shape index (κ2) is 9.05. The molecule has 6 nitrogen and oxygen atoms in total. The molecule has 4 aromatic rings. The first kappa shape index (κ1) is 22.5. The molecule has 0 spiro atoms. The van der Waals surface area contributed by atoms with Crippen LogP contribution in [-0.2, 0) is 6.18 Å². The Labute approximate surface area is 187 Å². The van der Waals surface area contributed by atoms with Crippen molar-refractivity contribution >= 4 is 11.6 Å². The largest absolute Gasteiger partial charge is 0.416 e. The van der Waals surface area contributed by atoms with Crippen molar-refractivity contribution in [3.8, 4) is 11.3 Å². The lowest BCUT2D eigenvalue weighted by atomic mass is 10.0. The van der Waals surface area contributed by atoms with Gasteiger partial charge < -0.3 is 15.5 Å². The Balaban J connectivity index is 1.71. The monoisotopic (exact) mass is 455 g/mol. The third-order valence-electron chi connectivity index (χ3n) is 5.14. The molecular weight excluding hydrogens is 435 g/mol. The van der Waals surface area contributed by atoms with E-state index in [1.807, 2.05) is 0 Å². The quantitative estimate of drug-likeness (QED) is 0.413. The average molecular weight is 455 g/mol. The second-order valence-corrected chi connectivity index (χ2v) is 7.39. The summed E-state index contributed by atoms with van der Waals surface area (Å²) in [5, 5.41) is 22.2. The van der Waals surface area contributed by atoms with Crippen LogP contribution >= 0.6 is 0 Å². The Kier molecular flexibility index (Phi) is 6.17. The molecule has 4 rings (SSSR count). The molecule has 1 unspecified atom stereocenters. The number of fused-ring (bicyclic) bond motifs is 1. The van der Waals surface area contributed by atoms with Crippen LogP contribution in [0.4, 0.5) is 13.2 Å². The smallest absolute Gasteiger partial charge is 0.395 e. The van der Waals surface area contributed by atoms with E-state index in [9.17, 15) is 23.1 Å². The van der Waals surface area contributed by atoms with Gasteiger partial charge in [-0.25, -0.2) is 4.98 Å². The van der Waals surface area contributed by atoms with Crippen LogP contribution in [0, 0.1) is 0 Å². The zero-order valence-corrected chi connectivity index (χ0v) is 17.3. The molecule has 33 heavy (non-hydrogen) atoms. The average Bonchev–Trinajstić information content (AvgIpc) is 3.26. The van der Waals surface area contributed by atoms with Crippen LogP contribution in [0.5, 0.6) is 0 Å². The number of hydrogen-bond acceptors (Lipinski definition) is 4. The Morgan fingerprint density at radius 2 is 1.82 bits per heavy atom. The number of benzene rings is 2. The summed E-state index contributed by atoms with van der Waals surface area (Å²) in [6.07, 6.45) is -4.31. The summed E-state index contributed by atoms with van der Waals surface area (Å²) >= 11 is 0. The van der Waals surface area contributed by atoms with Crippen LogP contribution in [0.3, 0.4) is 0 Å². The fourth-order valence-electron chi connectivity index (χ4n) is 3.54. The molecule has 0 bridgehead atoms. The summed E-state index contributed by atoms with van der Waals surface area (Å²) in [5.74, 6) is -0.329. The first-order valence-corrected chi connectivity index (χ1v) is 10.1. The summed E-state index contributed by atoms with van der Waals surface area (Å²) in [7, 11) is 0. The Bertz CT molecular complexity index is 1300. The number of amides is 1. The summed E-state index contributed by atoms with van der Waals surface area (Å²) in [4.78, 5) is 16.6. The molecular formula is C24H20F3N3O3. The van der Waals surface area contributed by atoms with E-state index in [2.05, 4.69) is 10.3 Å². The Hall–Kier alpha value is -3.69. The van der Waals surface area contributed by atoms with Crippen molar-refractivity contribution in [3.63, 3.8) is 0 Å². The van der Waals surface area contributed by atoms with Gasteiger partial charge in [-0.1, -0.05) is 30.3 Å². The van der Waals surface area contributed by atoms with E-state index < -0.39 is 17.8 Å². The van der Waals surface area contributed by atoms with E-state index in [1.54, 1.807) is 53.1 Å². The van der Waals surface area contributed by atoms with Gasteiger partial charge in [-0.3, -0.25) is 9.20 Å². The molecule has 0 aliphatic carbocycles. The number of alkyl halides is 3. The number of nitrogens with one attached hydrogen (secondary N) is 1. The molecule has 2 aromatic heterocycles. The molecule has 9 heteroatoms. The highest BCUT2D eigenvalue weighted by atomic mass is 19.4. The normalized spacial score (nSPS) is 12.6. The second-order valence-electron chi connectivity index (χ2n) is 7.39. The van der Waals surface area contributed by atoms with E-state index >= 15 is 0 Å². The highest BCUT2D eigenvalue weighted by Gasteiger charge is 2.31. The molecule has 0 saturated heterocycles. The molecule has 0 radical (unpaired) electrons. The number of carbonyl (C=O) groups is 1. The van der Waals surface area contributed by atoms with E-state index in [-0.39, 0.29) is 30.3 Å². The highest BCUT2D eigenvalue weighted by Crippen LogP contribution is 2.32. The third kappa shape index (κ3) is 4.74. The molecule has 3 N–H and O–H groups in total. The molecule has 0 fully saturated rings. The number of halogens is 3. The minimum atomic E-state index is -4.52. The van der Waals surface area contributed by atoms with E-state index in [1.165, 1.54) is 12.1 Å². The summed E-state index contributed by atoms with van der Waals surface area (Å²) < 4.78 is 40.9. The molecule has 1 atom stereocenters. The van der Waals surface area contributed by atoms with E-state index in [0.29, 0.717) is 22.5 Å². The number of aliphatic hydroxyl groups is 2. The van der Waals surface area contributed by atoms with Gasteiger partial charge in [-0.05, 0) is 47.5 Å². The van der Waals surface area contributed by atoms with Gasteiger partial charge in [0.05, 0.1) is 23.6 Å². The molecule has 0 saturated carbocycles. The van der Waals surface area contributed by atoms with Crippen LogP contribution in [0.1, 0.15) is 33.3 Å². The number of rotatable bonds is 6. The van der Waals surface area contributed by atoms with Crippen LogP contribution in [0.15, 0.2) is 72.9 Å². The molecule has 170 valence electrons. The van der Waals surface area contributed by atoms with Gasteiger partial charge in [0.2, 0.25) is 0 Å². The van der Waals surface area contributed by atoms with E-state index in [4.69, 9.17) is 5.11 Å². The predicted octanol–water partition coefficient (Wildman–Crippen LogP) is 3.82. The van der Waals surface area contributed by atoms with Gasteiger partial charge in [0.25, 0.3) is 5.91 Å². The number of aromatic nitrogens is 2. The fourth-order valence-corrected chi connectivity index (χ4v) is 3.54. The summed E-state index contributed by atoms with van der Waals surface area (Å²) in [6, 6.07) is 16.6. The lowest BCUT2D eigenvalue weighted by molar-refractivity contribution is -0.137. The zero-order chi connectivity index (χ0) is 23.6. The van der Waals surface area contributed by atoms with E-state index in [0.717, 1.165) is 12.1 Å². The molecule has 2 aromatic carbocycles. The minimum absolute atomic E-state index is 0.0809. The number of aliphatic hydroxyl groups excluding tert-OH is 2. The van der Waals surface area contributed by atoms with Crippen LogP contribution < -0.4 is 5.32 Å². The summed E-state index contributed by atoms with van der Waals surface area (Å²) in [5.41, 5.74) is 1.70. The number of hydrogen-bond donors (Lipinski definition) is 3. The minimum Gasteiger partial charge on any atom is -0.395 e. The maximum Gasteiger partial charge on any atom is 0.416 e.